The molecule has 192 valence electrons. The van der Waals surface area contributed by atoms with E-state index in [-0.39, 0.29) is 10.8 Å². The van der Waals surface area contributed by atoms with Crippen molar-refractivity contribution >= 4 is 14.5 Å². The van der Waals surface area contributed by atoms with E-state index in [4.69, 9.17) is 18.6 Å². The van der Waals surface area contributed by atoms with Crippen molar-refractivity contribution in [3.8, 4) is 23.0 Å². The van der Waals surface area contributed by atoms with Gasteiger partial charge >= 0.3 is 14.5 Å². The van der Waals surface area contributed by atoms with Gasteiger partial charge in [-0.3, -0.25) is 0 Å². The van der Waals surface area contributed by atoms with E-state index in [9.17, 15) is 0 Å². The number of benzene rings is 2. The maximum atomic E-state index is 6.26. The summed E-state index contributed by atoms with van der Waals surface area (Å²) in [7, 11) is -1.29. The van der Waals surface area contributed by atoms with Crippen LogP contribution in [0.1, 0.15) is 41.5 Å². The quantitative estimate of drug-likeness (QED) is 0.422. The first-order chi connectivity index (χ1) is 18.1. The second kappa shape index (κ2) is 8.83. The van der Waals surface area contributed by atoms with E-state index in [0.29, 0.717) is 0 Å². The highest BCUT2D eigenvalue weighted by Gasteiger charge is 2.46. The SMILES string of the molecule is CC(C)(C)C1=C/C(=C2\C=C(C(C)(C)C)C=CN2B2Oc3ccccc3O2)N(B2Oc3ccccc3O2)C=C1. The van der Waals surface area contributed by atoms with Crippen LogP contribution in [0.15, 0.2) is 108 Å². The van der Waals surface area contributed by atoms with Crippen molar-refractivity contribution in [2.75, 3.05) is 0 Å². The number of para-hydroxylation sites is 4. The van der Waals surface area contributed by atoms with E-state index in [1.54, 1.807) is 0 Å². The van der Waals surface area contributed by atoms with Crippen molar-refractivity contribution in [2.24, 2.45) is 10.8 Å². The average Bonchev–Trinajstić information content (AvgIpc) is 3.51. The van der Waals surface area contributed by atoms with Gasteiger partial charge in [0, 0.05) is 0 Å². The fraction of sp³-hybridized carbons (Fsp3) is 0.267. The molecule has 0 fully saturated rings. The van der Waals surface area contributed by atoms with Gasteiger partial charge in [-0.15, -0.1) is 0 Å². The minimum absolute atomic E-state index is 0.0583. The Morgan fingerprint density at radius 2 is 0.842 bits per heavy atom. The van der Waals surface area contributed by atoms with Crippen LogP contribution in [0.3, 0.4) is 0 Å². The van der Waals surface area contributed by atoms with Crippen LogP contribution in [0.5, 0.6) is 23.0 Å². The number of nitrogens with zero attached hydrogens (tertiary/aromatic N) is 2. The monoisotopic (exact) mass is 506 g/mol. The molecular formula is C30H32B2N2O4. The van der Waals surface area contributed by atoms with Crippen molar-refractivity contribution in [3.05, 3.63) is 108 Å². The summed E-state index contributed by atoms with van der Waals surface area (Å²) >= 11 is 0. The van der Waals surface area contributed by atoms with E-state index in [0.717, 1.165) is 34.4 Å². The summed E-state index contributed by atoms with van der Waals surface area (Å²) in [5.41, 5.74) is 4.15. The lowest BCUT2D eigenvalue weighted by atomic mass is 9.81. The Labute approximate surface area is 225 Å². The molecule has 0 radical (unpaired) electrons. The molecule has 4 aliphatic rings. The third kappa shape index (κ3) is 4.38. The lowest BCUT2D eigenvalue weighted by Crippen LogP contribution is -2.47. The topological polar surface area (TPSA) is 43.4 Å². The fourth-order valence-electron chi connectivity index (χ4n) is 4.73. The Kier molecular flexibility index (Phi) is 5.67. The maximum Gasteiger partial charge on any atom is 0.742 e. The van der Waals surface area contributed by atoms with Crippen molar-refractivity contribution < 1.29 is 18.6 Å². The Hall–Kier alpha value is -3.93. The van der Waals surface area contributed by atoms with Gasteiger partial charge in [0.2, 0.25) is 0 Å². The molecule has 2 aromatic carbocycles. The number of fused-ring (bicyclic) bond motifs is 2. The third-order valence-corrected chi connectivity index (χ3v) is 7.03. The molecule has 0 saturated heterocycles. The molecule has 0 bridgehead atoms. The molecular weight excluding hydrogens is 474 g/mol. The van der Waals surface area contributed by atoms with Crippen molar-refractivity contribution in [2.45, 2.75) is 41.5 Å². The van der Waals surface area contributed by atoms with Crippen molar-refractivity contribution in [1.29, 1.82) is 0 Å². The van der Waals surface area contributed by atoms with Crippen molar-refractivity contribution in [1.82, 2.24) is 9.62 Å². The number of allylic oxidation sites excluding steroid dienone is 6. The van der Waals surface area contributed by atoms with Gasteiger partial charge in [-0.25, -0.2) is 0 Å². The highest BCUT2D eigenvalue weighted by Crippen LogP contribution is 2.42. The average molecular weight is 506 g/mol. The van der Waals surface area contributed by atoms with Crippen LogP contribution >= 0.6 is 0 Å². The number of hydrogen-bond acceptors (Lipinski definition) is 6. The van der Waals surface area contributed by atoms with Gasteiger partial charge < -0.3 is 28.2 Å². The zero-order valence-corrected chi connectivity index (χ0v) is 22.8. The number of rotatable bonds is 2. The Balaban J connectivity index is 1.47. The summed E-state index contributed by atoms with van der Waals surface area (Å²) in [6.07, 6.45) is 12.8. The van der Waals surface area contributed by atoms with Gasteiger partial charge in [0.15, 0.2) is 0 Å². The van der Waals surface area contributed by atoms with E-state index in [1.165, 1.54) is 11.1 Å². The third-order valence-electron chi connectivity index (χ3n) is 7.03. The van der Waals surface area contributed by atoms with E-state index in [1.807, 2.05) is 70.6 Å². The molecule has 0 amide bonds. The summed E-state index contributed by atoms with van der Waals surface area (Å²) in [4.78, 5) is 4.07. The van der Waals surface area contributed by atoms with Crippen LogP contribution in [0, 0.1) is 10.8 Å². The van der Waals surface area contributed by atoms with E-state index >= 15 is 0 Å². The molecule has 6 nitrogen and oxygen atoms in total. The van der Waals surface area contributed by atoms with Gasteiger partial charge in [0.1, 0.15) is 23.0 Å². The van der Waals surface area contributed by atoms with Crippen LogP contribution in [-0.2, 0) is 0 Å². The van der Waals surface area contributed by atoms with Gasteiger partial charge in [-0.1, -0.05) is 65.8 Å². The molecule has 0 N–H and O–H groups in total. The number of hydrogen-bond donors (Lipinski definition) is 0. The normalized spacial score (nSPS) is 20.3. The van der Waals surface area contributed by atoms with Gasteiger partial charge in [-0.05, 0) is 82.9 Å². The Bertz CT molecular complexity index is 1270. The summed E-state index contributed by atoms with van der Waals surface area (Å²) < 4.78 is 25.1. The predicted molar refractivity (Wildman–Crippen MR) is 151 cm³/mol. The zero-order valence-electron chi connectivity index (χ0n) is 22.8. The molecule has 6 rings (SSSR count). The molecule has 38 heavy (non-hydrogen) atoms. The molecule has 0 aliphatic carbocycles. The molecule has 0 unspecified atom stereocenters. The zero-order chi connectivity index (χ0) is 26.7. The van der Waals surface area contributed by atoms with Gasteiger partial charge in [-0.2, -0.15) is 0 Å². The predicted octanol–water partition coefficient (Wildman–Crippen LogP) is 6.71. The van der Waals surface area contributed by atoms with Crippen LogP contribution in [0.4, 0.5) is 0 Å². The highest BCUT2D eigenvalue weighted by atomic mass is 16.7. The highest BCUT2D eigenvalue weighted by molar-refractivity contribution is 6.46. The molecule has 0 spiro atoms. The first-order valence-electron chi connectivity index (χ1n) is 13.0. The molecule has 4 heterocycles. The van der Waals surface area contributed by atoms with Gasteiger partial charge in [0.25, 0.3) is 0 Å². The van der Waals surface area contributed by atoms with Crippen LogP contribution < -0.4 is 18.6 Å². The molecule has 4 aliphatic heterocycles. The van der Waals surface area contributed by atoms with Crippen LogP contribution in [0.2, 0.25) is 0 Å². The summed E-state index contributed by atoms with van der Waals surface area (Å²) in [6, 6.07) is 15.5. The smallest absolute Gasteiger partial charge is 0.503 e. The summed E-state index contributed by atoms with van der Waals surface area (Å²) in [6.45, 7) is 13.3. The maximum absolute atomic E-state index is 6.26. The van der Waals surface area contributed by atoms with Crippen LogP contribution in [0.25, 0.3) is 0 Å². The minimum atomic E-state index is -0.647. The van der Waals surface area contributed by atoms with E-state index < -0.39 is 14.5 Å². The standard InChI is InChI=1S/C30H32B2N2O4/c1-29(2,3)21-15-17-33(31-35-25-11-7-8-12-26(25)36-31)23(19-21)24-20-22(30(4,5)6)16-18-34(24)32-37-27-13-9-10-14-28(27)38-32/h7-20H,1-6H3/b24-23-. The second-order valence-corrected chi connectivity index (χ2v) is 11.9. The molecule has 0 saturated carbocycles. The first-order valence-corrected chi connectivity index (χ1v) is 13.0. The molecule has 0 atom stereocenters. The Morgan fingerprint density at radius 3 is 1.13 bits per heavy atom. The van der Waals surface area contributed by atoms with Gasteiger partial charge in [0.05, 0.1) is 11.4 Å². The fourth-order valence-corrected chi connectivity index (χ4v) is 4.73. The molecule has 8 heteroatoms. The van der Waals surface area contributed by atoms with Crippen LogP contribution in [-0.4, -0.2) is 24.1 Å². The molecule has 0 aromatic heterocycles. The van der Waals surface area contributed by atoms with E-state index in [2.05, 4.69) is 65.8 Å². The summed E-state index contributed by atoms with van der Waals surface area (Å²) in [5, 5.41) is 0. The largest absolute Gasteiger partial charge is 0.742 e. The minimum Gasteiger partial charge on any atom is -0.503 e. The lowest BCUT2D eigenvalue weighted by Gasteiger charge is -2.36. The van der Waals surface area contributed by atoms with Crippen molar-refractivity contribution in [3.63, 3.8) is 0 Å². The Morgan fingerprint density at radius 1 is 0.526 bits per heavy atom. The lowest BCUT2D eigenvalue weighted by molar-refractivity contribution is 0.393. The second-order valence-electron chi connectivity index (χ2n) is 11.9. The molecule has 2 aromatic rings. The summed E-state index contributed by atoms with van der Waals surface area (Å²) in [5.74, 6) is 2.91. The first kappa shape index (κ1) is 24.4.